The van der Waals surface area contributed by atoms with Crippen molar-refractivity contribution in [3.63, 3.8) is 0 Å². The maximum Gasteiger partial charge on any atom is 0.269 e. The smallest absolute Gasteiger partial charge is 0.269 e. The Hall–Kier alpha value is -3.34. The molecule has 1 N–H and O–H groups in total. The van der Waals surface area contributed by atoms with Crippen LogP contribution in [0, 0.1) is 10.1 Å². The molecule has 0 saturated carbocycles. The molecule has 0 unspecified atom stereocenters. The van der Waals surface area contributed by atoms with Crippen LogP contribution in [-0.2, 0) is 19.6 Å². The van der Waals surface area contributed by atoms with Gasteiger partial charge in [0.05, 0.1) is 4.92 Å². The van der Waals surface area contributed by atoms with Gasteiger partial charge in [0.1, 0.15) is 12.4 Å². The SMILES string of the molecule is CCc1ccccc1NCc1ccccc1OCc1ccc([N+](=O)[O-])cc1. The molecule has 0 heterocycles. The summed E-state index contributed by atoms with van der Waals surface area (Å²) >= 11 is 0. The Kier molecular flexibility index (Phi) is 6.05. The van der Waals surface area contributed by atoms with Crippen LogP contribution >= 0.6 is 0 Å². The molecule has 0 aliphatic heterocycles. The van der Waals surface area contributed by atoms with Gasteiger partial charge in [0, 0.05) is 29.9 Å². The van der Waals surface area contributed by atoms with Gasteiger partial charge in [0.25, 0.3) is 5.69 Å². The molecular formula is C22H22N2O3. The minimum Gasteiger partial charge on any atom is -0.489 e. The van der Waals surface area contributed by atoms with Crippen molar-refractivity contribution in [2.24, 2.45) is 0 Å². The van der Waals surface area contributed by atoms with Gasteiger partial charge >= 0.3 is 0 Å². The zero-order valence-electron chi connectivity index (χ0n) is 15.2. The highest BCUT2D eigenvalue weighted by atomic mass is 16.6. The fourth-order valence-corrected chi connectivity index (χ4v) is 2.86. The standard InChI is InChI=1S/C22H22N2O3/c1-2-18-7-3-5-9-21(18)23-15-19-8-4-6-10-22(19)27-16-17-11-13-20(14-12-17)24(25)26/h3-14,23H,2,15-16H2,1H3. The van der Waals surface area contributed by atoms with Crippen molar-refractivity contribution in [1.82, 2.24) is 0 Å². The van der Waals surface area contributed by atoms with Crippen LogP contribution in [0.25, 0.3) is 0 Å². The predicted octanol–water partition coefficient (Wildman–Crippen LogP) is 5.35. The van der Waals surface area contributed by atoms with Gasteiger partial charge in [0.2, 0.25) is 0 Å². The summed E-state index contributed by atoms with van der Waals surface area (Å²) in [5.41, 5.74) is 4.44. The Morgan fingerprint density at radius 3 is 2.30 bits per heavy atom. The number of benzene rings is 3. The van der Waals surface area contributed by atoms with E-state index in [9.17, 15) is 10.1 Å². The summed E-state index contributed by atoms with van der Waals surface area (Å²) in [6.07, 6.45) is 0.974. The number of non-ortho nitro benzene ring substituents is 1. The molecule has 0 fully saturated rings. The average molecular weight is 362 g/mol. The first-order chi connectivity index (χ1) is 13.2. The van der Waals surface area contributed by atoms with E-state index < -0.39 is 4.92 Å². The van der Waals surface area contributed by atoms with Gasteiger partial charge in [-0.15, -0.1) is 0 Å². The Bertz CT molecular complexity index is 907. The van der Waals surface area contributed by atoms with E-state index in [1.807, 2.05) is 36.4 Å². The first kappa shape index (κ1) is 18.5. The van der Waals surface area contributed by atoms with Gasteiger partial charge < -0.3 is 10.1 Å². The van der Waals surface area contributed by atoms with Crippen molar-refractivity contribution in [2.75, 3.05) is 5.32 Å². The molecule has 138 valence electrons. The van der Waals surface area contributed by atoms with Crippen molar-refractivity contribution in [1.29, 1.82) is 0 Å². The van der Waals surface area contributed by atoms with E-state index in [1.165, 1.54) is 17.7 Å². The molecule has 5 heteroatoms. The fraction of sp³-hybridized carbons (Fsp3) is 0.182. The van der Waals surface area contributed by atoms with E-state index in [-0.39, 0.29) is 5.69 Å². The van der Waals surface area contributed by atoms with Gasteiger partial charge in [0.15, 0.2) is 0 Å². The van der Waals surface area contributed by atoms with Crippen LogP contribution in [0.2, 0.25) is 0 Å². The predicted molar refractivity (Wildman–Crippen MR) is 107 cm³/mol. The van der Waals surface area contributed by atoms with Gasteiger partial charge in [-0.1, -0.05) is 43.3 Å². The van der Waals surface area contributed by atoms with E-state index in [0.29, 0.717) is 13.2 Å². The molecule has 0 amide bonds. The monoisotopic (exact) mass is 362 g/mol. The number of nitrogens with zero attached hydrogens (tertiary/aromatic N) is 1. The summed E-state index contributed by atoms with van der Waals surface area (Å²) in [4.78, 5) is 10.3. The lowest BCUT2D eigenvalue weighted by Crippen LogP contribution is -2.05. The summed E-state index contributed by atoms with van der Waals surface area (Å²) in [5, 5.41) is 14.2. The van der Waals surface area contributed by atoms with Crippen molar-refractivity contribution in [3.8, 4) is 5.75 Å². The number of aryl methyl sites for hydroxylation is 1. The Morgan fingerprint density at radius 2 is 1.59 bits per heavy atom. The molecule has 0 aliphatic rings. The summed E-state index contributed by atoms with van der Waals surface area (Å²) in [6.45, 7) is 3.16. The molecule has 0 saturated heterocycles. The zero-order valence-corrected chi connectivity index (χ0v) is 15.2. The second-order valence-electron chi connectivity index (χ2n) is 6.18. The third kappa shape index (κ3) is 4.85. The Morgan fingerprint density at radius 1 is 0.926 bits per heavy atom. The number of nitrogens with one attached hydrogen (secondary N) is 1. The Labute approximate surface area is 158 Å². The van der Waals surface area contributed by atoms with Crippen LogP contribution in [-0.4, -0.2) is 4.92 Å². The van der Waals surface area contributed by atoms with Gasteiger partial charge in [-0.05, 0) is 41.8 Å². The lowest BCUT2D eigenvalue weighted by atomic mass is 10.1. The highest BCUT2D eigenvalue weighted by Crippen LogP contribution is 2.23. The molecular weight excluding hydrogens is 340 g/mol. The fourth-order valence-electron chi connectivity index (χ4n) is 2.86. The summed E-state index contributed by atoms with van der Waals surface area (Å²) in [7, 11) is 0. The molecule has 0 aromatic heterocycles. The minimum atomic E-state index is -0.403. The molecule has 27 heavy (non-hydrogen) atoms. The molecule has 0 spiro atoms. The van der Waals surface area contributed by atoms with Crippen molar-refractivity contribution < 1.29 is 9.66 Å². The minimum absolute atomic E-state index is 0.0814. The normalized spacial score (nSPS) is 10.4. The maximum absolute atomic E-state index is 10.7. The van der Waals surface area contributed by atoms with Crippen molar-refractivity contribution >= 4 is 11.4 Å². The number of hydrogen-bond acceptors (Lipinski definition) is 4. The largest absolute Gasteiger partial charge is 0.489 e. The molecule has 5 nitrogen and oxygen atoms in total. The third-order valence-electron chi connectivity index (χ3n) is 4.38. The van der Waals surface area contributed by atoms with Crippen LogP contribution in [0.15, 0.2) is 72.8 Å². The molecule has 0 atom stereocenters. The maximum atomic E-state index is 10.7. The number of nitro groups is 1. The first-order valence-electron chi connectivity index (χ1n) is 8.93. The number of ether oxygens (including phenoxy) is 1. The number of anilines is 1. The van der Waals surface area contributed by atoms with E-state index >= 15 is 0 Å². The number of hydrogen-bond donors (Lipinski definition) is 1. The highest BCUT2D eigenvalue weighted by molar-refractivity contribution is 5.52. The van der Waals surface area contributed by atoms with Crippen LogP contribution in [0.1, 0.15) is 23.6 Å². The average Bonchev–Trinajstić information content (AvgIpc) is 2.71. The first-order valence-corrected chi connectivity index (χ1v) is 8.93. The zero-order chi connectivity index (χ0) is 19.1. The van der Waals surface area contributed by atoms with Gasteiger partial charge in [-0.2, -0.15) is 0 Å². The molecule has 0 bridgehead atoms. The molecule has 0 radical (unpaired) electrons. The second kappa shape index (κ2) is 8.85. The van der Waals surface area contributed by atoms with Crippen LogP contribution < -0.4 is 10.1 Å². The van der Waals surface area contributed by atoms with E-state index in [2.05, 4.69) is 24.4 Å². The molecule has 3 aromatic rings. The van der Waals surface area contributed by atoms with Crippen LogP contribution in [0.3, 0.4) is 0 Å². The van der Waals surface area contributed by atoms with Crippen LogP contribution in [0.5, 0.6) is 5.75 Å². The lowest BCUT2D eigenvalue weighted by Gasteiger charge is -2.14. The summed E-state index contributed by atoms with van der Waals surface area (Å²) < 4.78 is 5.96. The van der Waals surface area contributed by atoms with E-state index in [0.717, 1.165) is 29.0 Å². The summed E-state index contributed by atoms with van der Waals surface area (Å²) in [6, 6.07) is 22.6. The van der Waals surface area contributed by atoms with E-state index in [1.54, 1.807) is 12.1 Å². The Balaban J connectivity index is 1.66. The molecule has 3 rings (SSSR count). The quantitative estimate of drug-likeness (QED) is 0.433. The van der Waals surface area contributed by atoms with Gasteiger partial charge in [-0.25, -0.2) is 0 Å². The molecule has 0 aliphatic carbocycles. The van der Waals surface area contributed by atoms with Crippen molar-refractivity contribution in [2.45, 2.75) is 26.5 Å². The van der Waals surface area contributed by atoms with Crippen molar-refractivity contribution in [3.05, 3.63) is 99.6 Å². The topological polar surface area (TPSA) is 64.4 Å². The summed E-state index contributed by atoms with van der Waals surface area (Å²) in [5.74, 6) is 0.803. The second-order valence-corrected chi connectivity index (χ2v) is 6.18. The number of para-hydroxylation sites is 2. The molecule has 3 aromatic carbocycles. The van der Waals surface area contributed by atoms with Crippen LogP contribution in [0.4, 0.5) is 11.4 Å². The number of nitro benzene ring substituents is 1. The highest BCUT2D eigenvalue weighted by Gasteiger charge is 2.07. The van der Waals surface area contributed by atoms with E-state index in [4.69, 9.17) is 4.74 Å². The lowest BCUT2D eigenvalue weighted by molar-refractivity contribution is -0.384. The third-order valence-corrected chi connectivity index (χ3v) is 4.38. The van der Waals surface area contributed by atoms with Gasteiger partial charge in [-0.3, -0.25) is 10.1 Å². The number of rotatable bonds is 8.